The average molecular weight is 410 g/mol. The smallest absolute Gasteiger partial charge is 0.243 e. The second-order valence-corrected chi connectivity index (χ2v) is 7.28. The Morgan fingerprint density at radius 1 is 0.933 bits per heavy atom. The third-order valence-corrected chi connectivity index (χ3v) is 5.30. The summed E-state index contributed by atoms with van der Waals surface area (Å²) in [5.41, 5.74) is 2.21. The first-order valence-corrected chi connectivity index (χ1v) is 10.4. The van der Waals surface area contributed by atoms with Crippen LogP contribution < -0.4 is 19.7 Å². The maximum atomic E-state index is 12.0. The van der Waals surface area contributed by atoms with Crippen LogP contribution in [0, 0.1) is 0 Å². The van der Waals surface area contributed by atoms with E-state index in [0.717, 1.165) is 56.2 Å². The van der Waals surface area contributed by atoms with Gasteiger partial charge in [0.1, 0.15) is 11.5 Å². The first-order chi connectivity index (χ1) is 14.7. The SMILES string of the molecule is COc1ccc(/C=C/C(=O)NCCCN2CCN(c3ccc(OC)cc3)CC2)cc1. The summed E-state index contributed by atoms with van der Waals surface area (Å²) in [7, 11) is 3.33. The molecule has 2 aromatic rings. The molecule has 1 aliphatic rings. The first-order valence-electron chi connectivity index (χ1n) is 10.4. The second-order valence-electron chi connectivity index (χ2n) is 7.28. The number of nitrogens with one attached hydrogen (secondary N) is 1. The highest BCUT2D eigenvalue weighted by atomic mass is 16.5. The molecule has 0 aromatic heterocycles. The predicted octanol–water partition coefficient (Wildman–Crippen LogP) is 3.05. The Bertz CT molecular complexity index is 811. The fraction of sp³-hybridized carbons (Fsp3) is 0.375. The molecule has 0 atom stereocenters. The molecule has 0 radical (unpaired) electrons. The minimum Gasteiger partial charge on any atom is -0.497 e. The maximum absolute atomic E-state index is 12.0. The van der Waals surface area contributed by atoms with E-state index >= 15 is 0 Å². The van der Waals surface area contributed by atoms with Crippen LogP contribution in [0.15, 0.2) is 54.6 Å². The molecule has 1 aliphatic heterocycles. The van der Waals surface area contributed by atoms with Crippen molar-refractivity contribution in [2.24, 2.45) is 0 Å². The number of carbonyl (C=O) groups is 1. The molecule has 6 heteroatoms. The standard InChI is InChI=1S/C24H31N3O3/c1-29-22-9-4-20(5-10-22)6-13-24(28)25-14-3-15-26-16-18-27(19-17-26)21-7-11-23(30-2)12-8-21/h4-13H,3,14-19H2,1-2H3,(H,25,28)/b13-6+. The highest BCUT2D eigenvalue weighted by Gasteiger charge is 2.16. The molecule has 0 bridgehead atoms. The average Bonchev–Trinajstić information content (AvgIpc) is 2.81. The zero-order valence-electron chi connectivity index (χ0n) is 17.8. The van der Waals surface area contributed by atoms with Gasteiger partial charge >= 0.3 is 0 Å². The number of nitrogens with zero attached hydrogens (tertiary/aromatic N) is 2. The van der Waals surface area contributed by atoms with Gasteiger partial charge in [-0.25, -0.2) is 0 Å². The molecule has 2 aromatic carbocycles. The van der Waals surface area contributed by atoms with Crippen LogP contribution >= 0.6 is 0 Å². The van der Waals surface area contributed by atoms with Gasteiger partial charge < -0.3 is 19.7 Å². The summed E-state index contributed by atoms with van der Waals surface area (Å²) in [6.07, 6.45) is 4.34. The Labute approximate surface area is 179 Å². The number of hydrogen-bond acceptors (Lipinski definition) is 5. The lowest BCUT2D eigenvalue weighted by Gasteiger charge is -2.36. The van der Waals surface area contributed by atoms with Crippen LogP contribution in [-0.2, 0) is 4.79 Å². The van der Waals surface area contributed by atoms with Gasteiger partial charge in [0, 0.05) is 44.5 Å². The van der Waals surface area contributed by atoms with Gasteiger partial charge in [-0.15, -0.1) is 0 Å². The van der Waals surface area contributed by atoms with Crippen molar-refractivity contribution in [3.63, 3.8) is 0 Å². The topological polar surface area (TPSA) is 54.0 Å². The molecule has 1 N–H and O–H groups in total. The minimum atomic E-state index is -0.0601. The molecule has 1 fully saturated rings. The van der Waals surface area contributed by atoms with E-state index in [0.29, 0.717) is 6.54 Å². The van der Waals surface area contributed by atoms with Gasteiger partial charge in [0.2, 0.25) is 5.91 Å². The van der Waals surface area contributed by atoms with Crippen molar-refractivity contribution in [3.8, 4) is 11.5 Å². The highest BCUT2D eigenvalue weighted by Crippen LogP contribution is 2.20. The molecule has 0 unspecified atom stereocenters. The van der Waals surface area contributed by atoms with Crippen LogP contribution in [0.25, 0.3) is 6.08 Å². The van der Waals surface area contributed by atoms with E-state index in [4.69, 9.17) is 9.47 Å². The zero-order valence-corrected chi connectivity index (χ0v) is 17.8. The molecular formula is C24H31N3O3. The van der Waals surface area contributed by atoms with Crippen LogP contribution in [0.2, 0.25) is 0 Å². The number of methoxy groups -OCH3 is 2. The zero-order chi connectivity index (χ0) is 21.2. The molecule has 0 spiro atoms. The molecule has 160 valence electrons. The van der Waals surface area contributed by atoms with Crippen molar-refractivity contribution < 1.29 is 14.3 Å². The van der Waals surface area contributed by atoms with E-state index < -0.39 is 0 Å². The number of carbonyl (C=O) groups excluding carboxylic acids is 1. The lowest BCUT2D eigenvalue weighted by atomic mass is 10.2. The first kappa shape index (κ1) is 21.7. The van der Waals surface area contributed by atoms with E-state index in [2.05, 4.69) is 27.2 Å². The summed E-state index contributed by atoms with van der Waals surface area (Å²) in [5, 5.41) is 2.96. The molecule has 1 saturated heterocycles. The fourth-order valence-electron chi connectivity index (χ4n) is 3.48. The monoisotopic (exact) mass is 409 g/mol. The van der Waals surface area contributed by atoms with Crippen molar-refractivity contribution in [3.05, 3.63) is 60.2 Å². The molecule has 1 heterocycles. The number of anilines is 1. The predicted molar refractivity (Wildman–Crippen MR) is 121 cm³/mol. The van der Waals surface area contributed by atoms with Crippen LogP contribution in [0.1, 0.15) is 12.0 Å². The Hall–Kier alpha value is -2.99. The van der Waals surface area contributed by atoms with Crippen molar-refractivity contribution in [2.75, 3.05) is 58.4 Å². The number of rotatable bonds is 9. The number of hydrogen-bond donors (Lipinski definition) is 1. The molecule has 0 aliphatic carbocycles. The van der Waals surface area contributed by atoms with E-state index in [1.807, 2.05) is 42.5 Å². The van der Waals surface area contributed by atoms with Crippen molar-refractivity contribution in [2.45, 2.75) is 6.42 Å². The summed E-state index contributed by atoms with van der Waals surface area (Å²) in [6, 6.07) is 15.9. The fourth-order valence-corrected chi connectivity index (χ4v) is 3.48. The number of piperazine rings is 1. The second kappa shape index (κ2) is 11.3. The molecule has 0 saturated carbocycles. The van der Waals surface area contributed by atoms with Crippen LogP contribution in [0.3, 0.4) is 0 Å². The van der Waals surface area contributed by atoms with Crippen molar-refractivity contribution in [1.29, 1.82) is 0 Å². The maximum Gasteiger partial charge on any atom is 0.243 e. The summed E-state index contributed by atoms with van der Waals surface area (Å²) in [6.45, 7) is 5.80. The lowest BCUT2D eigenvalue weighted by Crippen LogP contribution is -2.47. The van der Waals surface area contributed by atoms with Gasteiger partial charge in [-0.05, 0) is 61.0 Å². The van der Waals surface area contributed by atoms with Gasteiger partial charge in [0.15, 0.2) is 0 Å². The quantitative estimate of drug-likeness (QED) is 0.510. The van der Waals surface area contributed by atoms with Gasteiger partial charge in [-0.3, -0.25) is 9.69 Å². The van der Waals surface area contributed by atoms with Gasteiger partial charge in [-0.1, -0.05) is 12.1 Å². The largest absolute Gasteiger partial charge is 0.497 e. The van der Waals surface area contributed by atoms with E-state index in [1.54, 1.807) is 20.3 Å². The Morgan fingerprint density at radius 3 is 2.13 bits per heavy atom. The third kappa shape index (κ3) is 6.52. The van der Waals surface area contributed by atoms with E-state index in [9.17, 15) is 4.79 Å². The van der Waals surface area contributed by atoms with Crippen LogP contribution in [-0.4, -0.2) is 64.3 Å². The summed E-state index contributed by atoms with van der Waals surface area (Å²) in [4.78, 5) is 16.8. The van der Waals surface area contributed by atoms with Gasteiger partial charge in [0.05, 0.1) is 14.2 Å². The lowest BCUT2D eigenvalue weighted by molar-refractivity contribution is -0.116. The molecular weight excluding hydrogens is 378 g/mol. The normalized spacial score (nSPS) is 14.7. The van der Waals surface area contributed by atoms with Crippen LogP contribution in [0.4, 0.5) is 5.69 Å². The molecule has 3 rings (SSSR count). The summed E-state index contributed by atoms with van der Waals surface area (Å²) >= 11 is 0. The Balaban J connectivity index is 1.31. The Morgan fingerprint density at radius 2 is 1.53 bits per heavy atom. The third-order valence-electron chi connectivity index (χ3n) is 5.30. The number of ether oxygens (including phenoxy) is 2. The summed E-state index contributed by atoms with van der Waals surface area (Å²) in [5.74, 6) is 1.63. The number of amides is 1. The van der Waals surface area contributed by atoms with Crippen molar-refractivity contribution >= 4 is 17.7 Å². The minimum absolute atomic E-state index is 0.0601. The van der Waals surface area contributed by atoms with Gasteiger partial charge in [0.25, 0.3) is 0 Å². The molecule has 6 nitrogen and oxygen atoms in total. The highest BCUT2D eigenvalue weighted by molar-refractivity contribution is 5.91. The van der Waals surface area contributed by atoms with Crippen LogP contribution in [0.5, 0.6) is 11.5 Å². The Kier molecular flexibility index (Phi) is 8.15. The summed E-state index contributed by atoms with van der Waals surface area (Å²) < 4.78 is 10.4. The van der Waals surface area contributed by atoms with Gasteiger partial charge in [-0.2, -0.15) is 0 Å². The van der Waals surface area contributed by atoms with Crippen molar-refractivity contribution in [1.82, 2.24) is 10.2 Å². The van der Waals surface area contributed by atoms with E-state index in [-0.39, 0.29) is 5.91 Å². The number of benzene rings is 2. The van der Waals surface area contributed by atoms with E-state index in [1.165, 1.54) is 5.69 Å². The molecule has 30 heavy (non-hydrogen) atoms. The molecule has 1 amide bonds.